The maximum atomic E-state index is 13.6. The lowest BCUT2D eigenvalue weighted by Gasteiger charge is -2.28. The van der Waals surface area contributed by atoms with E-state index in [-0.39, 0.29) is 23.6 Å². The van der Waals surface area contributed by atoms with E-state index in [1.807, 2.05) is 18.2 Å². The molecule has 6 nitrogen and oxygen atoms in total. The molecule has 0 radical (unpaired) electrons. The maximum Gasteiger partial charge on any atom is 0.239 e. The van der Waals surface area contributed by atoms with Gasteiger partial charge in [-0.15, -0.1) is 0 Å². The van der Waals surface area contributed by atoms with Gasteiger partial charge < -0.3 is 4.74 Å². The molecule has 0 bridgehead atoms. The van der Waals surface area contributed by atoms with Crippen LogP contribution >= 0.6 is 11.6 Å². The Labute approximate surface area is 179 Å². The van der Waals surface area contributed by atoms with Crippen molar-refractivity contribution in [3.63, 3.8) is 0 Å². The monoisotopic (exact) mass is 424 g/mol. The molecular weight excluding hydrogens is 404 g/mol. The number of hydrogen-bond donors (Lipinski definition) is 0. The van der Waals surface area contributed by atoms with Crippen LogP contribution in [0, 0.1) is 11.8 Å². The van der Waals surface area contributed by atoms with Crippen LogP contribution < -0.4 is 9.64 Å². The Bertz CT molecular complexity index is 1040. The van der Waals surface area contributed by atoms with Gasteiger partial charge in [0.1, 0.15) is 5.75 Å². The summed E-state index contributed by atoms with van der Waals surface area (Å²) < 4.78 is 5.38. The molecule has 2 aromatic carbocycles. The average Bonchev–Trinajstić information content (AvgIpc) is 3.40. The molecule has 154 valence electrons. The van der Waals surface area contributed by atoms with Crippen molar-refractivity contribution in [2.24, 2.45) is 11.8 Å². The second-order valence-corrected chi connectivity index (χ2v) is 8.44. The Balaban J connectivity index is 1.58. The van der Waals surface area contributed by atoms with Gasteiger partial charge in [0.15, 0.2) is 5.78 Å². The van der Waals surface area contributed by atoms with Crippen molar-refractivity contribution in [1.82, 2.24) is 4.90 Å². The van der Waals surface area contributed by atoms with Gasteiger partial charge in [-0.3, -0.25) is 19.3 Å². The van der Waals surface area contributed by atoms with E-state index in [0.717, 1.165) is 19.4 Å². The Morgan fingerprint density at radius 2 is 1.80 bits per heavy atom. The highest BCUT2D eigenvalue weighted by Crippen LogP contribution is 2.49. The molecule has 3 saturated heterocycles. The first-order valence-corrected chi connectivity index (χ1v) is 10.5. The summed E-state index contributed by atoms with van der Waals surface area (Å²) in [4.78, 5) is 43.8. The first kappa shape index (κ1) is 19.3. The Morgan fingerprint density at radius 1 is 1.07 bits per heavy atom. The number of anilines is 1. The minimum atomic E-state index is -0.695. The molecule has 0 spiro atoms. The zero-order chi connectivity index (χ0) is 21.0. The molecule has 4 atom stereocenters. The number of ether oxygens (including phenoxy) is 1. The number of rotatable bonds is 4. The van der Waals surface area contributed by atoms with E-state index in [0.29, 0.717) is 22.0 Å². The first-order chi connectivity index (χ1) is 14.5. The maximum absolute atomic E-state index is 13.6. The molecule has 3 aliphatic rings. The molecular formula is C23H21ClN2O4. The number of ketones is 1. The third-order valence-corrected chi connectivity index (χ3v) is 6.80. The number of halogens is 1. The van der Waals surface area contributed by atoms with Gasteiger partial charge in [0.05, 0.1) is 30.7 Å². The smallest absolute Gasteiger partial charge is 0.239 e. The average molecular weight is 425 g/mol. The fourth-order valence-corrected chi connectivity index (χ4v) is 5.53. The molecule has 7 heteroatoms. The van der Waals surface area contributed by atoms with Crippen LogP contribution in [0.3, 0.4) is 0 Å². The molecule has 3 aliphatic heterocycles. The summed E-state index contributed by atoms with van der Waals surface area (Å²) in [6, 6.07) is 13.1. The molecule has 2 aromatic rings. The van der Waals surface area contributed by atoms with Gasteiger partial charge in [-0.05, 0) is 37.6 Å². The zero-order valence-corrected chi connectivity index (χ0v) is 17.2. The van der Waals surface area contributed by atoms with E-state index < -0.39 is 17.9 Å². The van der Waals surface area contributed by atoms with Crippen molar-refractivity contribution in [3.05, 3.63) is 59.1 Å². The lowest BCUT2D eigenvalue weighted by molar-refractivity contribution is -0.123. The molecule has 0 aromatic heterocycles. The number of nitrogens with zero attached hydrogens (tertiary/aromatic N) is 2. The number of carbonyl (C=O) groups excluding carboxylic acids is 3. The molecule has 2 amide bonds. The third kappa shape index (κ3) is 2.71. The number of fused-ring (bicyclic) bond motifs is 3. The minimum absolute atomic E-state index is 0.0979. The molecule has 3 heterocycles. The topological polar surface area (TPSA) is 66.9 Å². The largest absolute Gasteiger partial charge is 0.495 e. The van der Waals surface area contributed by atoms with Crippen LogP contribution in [0.5, 0.6) is 5.75 Å². The normalized spacial score (nSPS) is 28.0. The highest BCUT2D eigenvalue weighted by atomic mass is 35.5. The van der Waals surface area contributed by atoms with Crippen LogP contribution in [0.15, 0.2) is 48.5 Å². The molecule has 0 unspecified atom stereocenters. The number of carbonyl (C=O) groups is 3. The highest BCUT2D eigenvalue weighted by molar-refractivity contribution is 6.32. The van der Waals surface area contributed by atoms with E-state index in [4.69, 9.17) is 16.3 Å². The fourth-order valence-electron chi connectivity index (χ4n) is 5.36. The van der Waals surface area contributed by atoms with E-state index in [9.17, 15) is 14.4 Å². The van der Waals surface area contributed by atoms with Crippen molar-refractivity contribution >= 4 is 34.9 Å². The number of amides is 2. The van der Waals surface area contributed by atoms with Crippen LogP contribution in [-0.2, 0) is 9.59 Å². The fraction of sp³-hybridized carbons (Fsp3) is 0.348. The summed E-state index contributed by atoms with van der Waals surface area (Å²) in [5.74, 6) is -1.55. The predicted octanol–water partition coefficient (Wildman–Crippen LogP) is 3.18. The second kappa shape index (κ2) is 7.22. The minimum Gasteiger partial charge on any atom is -0.495 e. The SMILES string of the molecule is COc1ccc(Cl)cc1N1C(=O)[C@@H]2[C@@H](C1=O)[C@@H](C(=O)c1ccccc1)N1CCC[C@H]21. The van der Waals surface area contributed by atoms with Crippen LogP contribution in [0.4, 0.5) is 5.69 Å². The standard InChI is InChI=1S/C23H21ClN2O4/c1-30-17-10-9-14(24)12-16(17)26-22(28)18-15-8-5-11-25(15)20(19(18)23(26)29)21(27)13-6-3-2-4-7-13/h2-4,6-7,9-10,12,15,18-20H,5,8,11H2,1H3/t15-,18+,19-,20+/m1/s1. The summed E-state index contributed by atoms with van der Waals surface area (Å²) in [6.07, 6.45) is 1.72. The highest BCUT2D eigenvalue weighted by Gasteiger charge is 2.65. The van der Waals surface area contributed by atoms with E-state index in [2.05, 4.69) is 4.90 Å². The van der Waals surface area contributed by atoms with Crippen molar-refractivity contribution in [2.75, 3.05) is 18.6 Å². The van der Waals surface area contributed by atoms with Crippen LogP contribution in [-0.4, -0.2) is 48.2 Å². The molecule has 30 heavy (non-hydrogen) atoms. The van der Waals surface area contributed by atoms with Gasteiger partial charge in [0.25, 0.3) is 0 Å². The number of Topliss-reactive ketones (excluding diaryl/α,β-unsaturated/α-hetero) is 1. The molecule has 5 rings (SSSR count). The molecule has 0 aliphatic carbocycles. The summed E-state index contributed by atoms with van der Waals surface area (Å²) in [5, 5.41) is 0.405. The Kier molecular flexibility index (Phi) is 4.64. The number of benzene rings is 2. The van der Waals surface area contributed by atoms with Crippen LogP contribution in [0.25, 0.3) is 0 Å². The van der Waals surface area contributed by atoms with Crippen molar-refractivity contribution in [3.8, 4) is 5.75 Å². The summed E-state index contributed by atoms with van der Waals surface area (Å²) in [6.45, 7) is 0.724. The van der Waals surface area contributed by atoms with Gasteiger partial charge in [0.2, 0.25) is 11.8 Å². The third-order valence-electron chi connectivity index (χ3n) is 6.56. The summed E-state index contributed by atoms with van der Waals surface area (Å²) in [7, 11) is 1.49. The lowest BCUT2D eigenvalue weighted by atomic mass is 9.85. The van der Waals surface area contributed by atoms with Gasteiger partial charge >= 0.3 is 0 Å². The lowest BCUT2D eigenvalue weighted by Crippen LogP contribution is -2.46. The first-order valence-electron chi connectivity index (χ1n) is 10.1. The van der Waals surface area contributed by atoms with Gasteiger partial charge in [-0.2, -0.15) is 0 Å². The van der Waals surface area contributed by atoms with E-state index in [1.165, 1.54) is 12.0 Å². The summed E-state index contributed by atoms with van der Waals surface area (Å²) >= 11 is 6.15. The predicted molar refractivity (Wildman–Crippen MR) is 112 cm³/mol. The summed E-state index contributed by atoms with van der Waals surface area (Å²) in [5.41, 5.74) is 0.901. The number of imide groups is 1. The molecule has 3 fully saturated rings. The van der Waals surface area contributed by atoms with Crippen LogP contribution in [0.2, 0.25) is 5.02 Å². The number of methoxy groups -OCH3 is 1. The van der Waals surface area contributed by atoms with Gasteiger partial charge in [0, 0.05) is 16.6 Å². The second-order valence-electron chi connectivity index (χ2n) is 8.00. The van der Waals surface area contributed by atoms with Crippen molar-refractivity contribution in [2.45, 2.75) is 24.9 Å². The van der Waals surface area contributed by atoms with E-state index >= 15 is 0 Å². The van der Waals surface area contributed by atoms with Crippen molar-refractivity contribution in [1.29, 1.82) is 0 Å². The Morgan fingerprint density at radius 3 is 2.53 bits per heavy atom. The molecule has 0 saturated carbocycles. The Hall–Kier alpha value is -2.70. The zero-order valence-electron chi connectivity index (χ0n) is 16.5. The van der Waals surface area contributed by atoms with Crippen molar-refractivity contribution < 1.29 is 19.1 Å². The number of hydrogen-bond acceptors (Lipinski definition) is 5. The molecule has 0 N–H and O–H groups in total. The van der Waals surface area contributed by atoms with Crippen LogP contribution in [0.1, 0.15) is 23.2 Å². The van der Waals surface area contributed by atoms with Gasteiger partial charge in [-0.25, -0.2) is 4.90 Å². The quantitative estimate of drug-likeness (QED) is 0.557. The van der Waals surface area contributed by atoms with E-state index in [1.54, 1.807) is 30.3 Å². The van der Waals surface area contributed by atoms with Gasteiger partial charge in [-0.1, -0.05) is 41.9 Å².